The summed E-state index contributed by atoms with van der Waals surface area (Å²) >= 11 is 0. The van der Waals surface area contributed by atoms with Crippen LogP contribution in [0.2, 0.25) is 0 Å². The maximum Gasteiger partial charge on any atom is 0.244 e. The zero-order chi connectivity index (χ0) is 23.8. The Morgan fingerprint density at radius 1 is 0.970 bits per heavy atom. The van der Waals surface area contributed by atoms with Crippen molar-refractivity contribution in [3.8, 4) is 0 Å². The molecular weight excluding hydrogens is 438 g/mol. The number of aryl methyl sites for hydroxylation is 3. The Morgan fingerprint density at radius 2 is 1.64 bits per heavy atom. The summed E-state index contributed by atoms with van der Waals surface area (Å²) in [6, 6.07) is 16.6. The van der Waals surface area contributed by atoms with Gasteiger partial charge in [0.15, 0.2) is 0 Å². The van der Waals surface area contributed by atoms with Gasteiger partial charge in [-0.2, -0.15) is 0 Å². The van der Waals surface area contributed by atoms with E-state index in [9.17, 15) is 18.0 Å². The van der Waals surface area contributed by atoms with E-state index < -0.39 is 20.2 Å². The van der Waals surface area contributed by atoms with Crippen molar-refractivity contribution < 1.29 is 13.2 Å². The van der Waals surface area contributed by atoms with Crippen molar-refractivity contribution in [2.24, 2.45) is 0 Å². The van der Waals surface area contributed by atoms with Crippen molar-refractivity contribution in [1.29, 1.82) is 0 Å². The fourth-order valence-corrected chi connectivity index (χ4v) is 5.16. The molecule has 168 valence electrons. The summed E-state index contributed by atoms with van der Waals surface area (Å²) in [7, 11) is -4.09. The minimum absolute atomic E-state index is 0.00718. The number of sulfone groups is 1. The molecule has 1 amide bonds. The molecule has 0 saturated carbocycles. The largest absolute Gasteiger partial charge is 0.325 e. The number of nitrogens with zero attached hydrogens (tertiary/aromatic N) is 2. The van der Waals surface area contributed by atoms with Crippen molar-refractivity contribution in [3.63, 3.8) is 0 Å². The maximum atomic E-state index is 13.2. The number of aromatic nitrogens is 2. The number of anilines is 1. The van der Waals surface area contributed by atoms with E-state index >= 15 is 0 Å². The number of hydrogen-bond acceptors (Lipinski definition) is 5. The van der Waals surface area contributed by atoms with Gasteiger partial charge in [0.2, 0.25) is 21.2 Å². The SMILES string of the molecule is Cc1cc(C)cc(NC(=O)Cn2cc(S(=O)(=O)c3ccccc3)c(=O)c3ccc(C)nc32)c1. The lowest BCUT2D eigenvalue weighted by molar-refractivity contribution is -0.116. The highest BCUT2D eigenvalue weighted by Gasteiger charge is 2.24. The lowest BCUT2D eigenvalue weighted by Gasteiger charge is -2.14. The van der Waals surface area contributed by atoms with Gasteiger partial charge in [0.25, 0.3) is 0 Å². The van der Waals surface area contributed by atoms with Crippen LogP contribution in [-0.2, 0) is 21.2 Å². The Kier molecular flexibility index (Phi) is 5.86. The Morgan fingerprint density at radius 3 is 2.30 bits per heavy atom. The molecule has 1 N–H and O–H groups in total. The summed E-state index contributed by atoms with van der Waals surface area (Å²) in [5.41, 5.74) is 2.91. The summed E-state index contributed by atoms with van der Waals surface area (Å²) in [5.74, 6) is -0.365. The van der Waals surface area contributed by atoms with E-state index in [1.54, 1.807) is 37.3 Å². The summed E-state index contributed by atoms with van der Waals surface area (Å²) in [5, 5.41) is 2.98. The Hall–Kier alpha value is -3.78. The van der Waals surface area contributed by atoms with Crippen molar-refractivity contribution >= 4 is 32.5 Å². The van der Waals surface area contributed by atoms with Gasteiger partial charge in [-0.15, -0.1) is 0 Å². The van der Waals surface area contributed by atoms with Crippen molar-refractivity contribution in [2.75, 3.05) is 5.32 Å². The van der Waals surface area contributed by atoms with Crippen molar-refractivity contribution in [2.45, 2.75) is 37.1 Å². The number of rotatable bonds is 5. The molecule has 7 nitrogen and oxygen atoms in total. The smallest absolute Gasteiger partial charge is 0.244 e. The zero-order valence-corrected chi connectivity index (χ0v) is 19.3. The topological polar surface area (TPSA) is 98.1 Å². The lowest BCUT2D eigenvalue weighted by atomic mass is 10.1. The Balaban J connectivity index is 1.82. The van der Waals surface area contributed by atoms with Crippen LogP contribution in [0.5, 0.6) is 0 Å². The molecule has 0 bridgehead atoms. The van der Waals surface area contributed by atoms with Gasteiger partial charge in [-0.3, -0.25) is 9.59 Å². The number of benzene rings is 2. The fraction of sp³-hybridized carbons (Fsp3) is 0.160. The lowest BCUT2D eigenvalue weighted by Crippen LogP contribution is -2.24. The van der Waals surface area contributed by atoms with Crippen LogP contribution < -0.4 is 10.7 Å². The third-order valence-electron chi connectivity index (χ3n) is 5.19. The predicted molar refractivity (Wildman–Crippen MR) is 127 cm³/mol. The van der Waals surface area contributed by atoms with E-state index in [4.69, 9.17) is 0 Å². The minimum Gasteiger partial charge on any atom is -0.325 e. The van der Waals surface area contributed by atoms with Crippen LogP contribution in [-0.4, -0.2) is 23.9 Å². The number of carbonyl (C=O) groups is 1. The molecular formula is C25H23N3O4S. The average molecular weight is 462 g/mol. The monoisotopic (exact) mass is 461 g/mol. The molecule has 0 unspecified atom stereocenters. The van der Waals surface area contributed by atoms with Crippen LogP contribution in [0.1, 0.15) is 16.8 Å². The second kappa shape index (κ2) is 8.63. The fourth-order valence-electron chi connectivity index (χ4n) is 3.77. The summed E-state index contributed by atoms with van der Waals surface area (Å²) in [4.78, 5) is 30.0. The molecule has 0 fully saturated rings. The molecule has 2 aromatic carbocycles. The van der Waals surface area contributed by atoms with E-state index in [1.807, 2.05) is 32.0 Å². The number of carbonyl (C=O) groups excluding carboxylic acids is 1. The number of hydrogen-bond donors (Lipinski definition) is 1. The first-order valence-electron chi connectivity index (χ1n) is 10.3. The van der Waals surface area contributed by atoms with Crippen LogP contribution in [0.3, 0.4) is 0 Å². The van der Waals surface area contributed by atoms with Gasteiger partial charge in [0, 0.05) is 17.6 Å². The van der Waals surface area contributed by atoms with E-state index in [1.165, 1.54) is 22.9 Å². The van der Waals surface area contributed by atoms with Crippen LogP contribution in [0.4, 0.5) is 5.69 Å². The first kappa shape index (κ1) is 22.4. The molecule has 0 aliphatic carbocycles. The Bertz CT molecular complexity index is 1520. The molecule has 2 heterocycles. The average Bonchev–Trinajstić information content (AvgIpc) is 2.75. The molecule has 4 rings (SSSR count). The first-order valence-corrected chi connectivity index (χ1v) is 11.8. The van der Waals surface area contributed by atoms with Gasteiger partial charge in [-0.1, -0.05) is 24.3 Å². The van der Waals surface area contributed by atoms with Crippen LogP contribution in [0.25, 0.3) is 11.0 Å². The highest BCUT2D eigenvalue weighted by Crippen LogP contribution is 2.21. The highest BCUT2D eigenvalue weighted by molar-refractivity contribution is 7.91. The quantitative estimate of drug-likeness (QED) is 0.488. The maximum absolute atomic E-state index is 13.2. The van der Waals surface area contributed by atoms with Crippen LogP contribution in [0, 0.1) is 20.8 Å². The highest BCUT2D eigenvalue weighted by atomic mass is 32.2. The van der Waals surface area contributed by atoms with Gasteiger partial charge in [0.1, 0.15) is 17.1 Å². The van der Waals surface area contributed by atoms with Gasteiger partial charge in [0.05, 0.1) is 10.3 Å². The molecule has 0 aliphatic rings. The minimum atomic E-state index is -4.09. The second-order valence-electron chi connectivity index (χ2n) is 8.02. The zero-order valence-electron chi connectivity index (χ0n) is 18.5. The number of nitrogens with one attached hydrogen (secondary N) is 1. The molecule has 0 atom stereocenters. The number of amides is 1. The second-order valence-corrected chi connectivity index (χ2v) is 9.93. The molecule has 2 aromatic heterocycles. The van der Waals surface area contributed by atoms with Crippen molar-refractivity contribution in [3.05, 3.63) is 93.9 Å². The molecule has 8 heteroatoms. The summed E-state index contributed by atoms with van der Waals surface area (Å²) in [6.45, 7) is 5.42. The first-order chi connectivity index (χ1) is 15.6. The summed E-state index contributed by atoms with van der Waals surface area (Å²) < 4.78 is 27.9. The molecule has 4 aromatic rings. The summed E-state index contributed by atoms with van der Waals surface area (Å²) in [6.07, 6.45) is 1.21. The van der Waals surface area contributed by atoms with E-state index in [0.29, 0.717) is 11.4 Å². The van der Waals surface area contributed by atoms with Crippen LogP contribution in [0.15, 0.2) is 81.4 Å². The van der Waals surface area contributed by atoms with E-state index in [0.717, 1.165) is 11.1 Å². The van der Waals surface area contributed by atoms with E-state index in [-0.39, 0.29) is 28.4 Å². The van der Waals surface area contributed by atoms with Gasteiger partial charge < -0.3 is 9.88 Å². The van der Waals surface area contributed by atoms with Crippen molar-refractivity contribution in [1.82, 2.24) is 9.55 Å². The standard InChI is InChI=1S/C25H23N3O4S/c1-16-11-17(2)13-19(12-16)27-23(29)15-28-14-22(33(31,32)20-7-5-4-6-8-20)24(30)21-10-9-18(3)26-25(21)28/h4-14H,15H2,1-3H3,(H,27,29). The van der Waals surface area contributed by atoms with Gasteiger partial charge in [-0.05, 0) is 68.3 Å². The van der Waals surface area contributed by atoms with Gasteiger partial charge in [-0.25, -0.2) is 13.4 Å². The molecule has 0 saturated heterocycles. The third kappa shape index (κ3) is 4.56. The molecule has 0 aliphatic heterocycles. The number of fused-ring (bicyclic) bond motifs is 1. The van der Waals surface area contributed by atoms with E-state index in [2.05, 4.69) is 10.3 Å². The van der Waals surface area contributed by atoms with Crippen LogP contribution >= 0.6 is 0 Å². The number of pyridine rings is 2. The molecule has 33 heavy (non-hydrogen) atoms. The van der Waals surface area contributed by atoms with Gasteiger partial charge >= 0.3 is 0 Å². The third-order valence-corrected chi connectivity index (χ3v) is 6.95. The Labute approximate surface area is 191 Å². The predicted octanol–water partition coefficient (Wildman–Crippen LogP) is 3.79. The molecule has 0 spiro atoms. The normalized spacial score (nSPS) is 11.5. The molecule has 0 radical (unpaired) electrons.